The molecule has 140 valence electrons. The van der Waals surface area contributed by atoms with Crippen LogP contribution in [-0.4, -0.2) is 44.4 Å². The van der Waals surface area contributed by atoms with Gasteiger partial charge in [-0.2, -0.15) is 4.80 Å². The van der Waals surface area contributed by atoms with Crippen LogP contribution >= 0.6 is 0 Å². The molecule has 3 aromatic rings. The molecule has 1 aromatic heterocycles. The molecule has 27 heavy (non-hydrogen) atoms. The molecule has 1 amide bonds. The van der Waals surface area contributed by atoms with E-state index in [1.165, 1.54) is 4.80 Å². The van der Waals surface area contributed by atoms with Gasteiger partial charge in [-0.25, -0.2) is 0 Å². The number of hydrogen-bond donors (Lipinski definition) is 2. The summed E-state index contributed by atoms with van der Waals surface area (Å²) in [6.45, 7) is 4.06. The zero-order valence-corrected chi connectivity index (χ0v) is 15.2. The number of tetrazole rings is 1. The maximum absolute atomic E-state index is 12.3. The highest BCUT2D eigenvalue weighted by Gasteiger charge is 2.11. The normalized spacial score (nSPS) is 10.6. The van der Waals surface area contributed by atoms with Crippen molar-refractivity contribution in [3.05, 3.63) is 53.6 Å². The molecule has 2 aromatic carbocycles. The molecule has 0 saturated heterocycles. The lowest BCUT2D eigenvalue weighted by atomic mass is 10.1. The van der Waals surface area contributed by atoms with E-state index < -0.39 is 0 Å². The smallest absolute Gasteiger partial charge is 0.248 e. The first-order valence-electron chi connectivity index (χ1n) is 8.55. The third kappa shape index (κ3) is 4.68. The molecule has 0 aliphatic heterocycles. The fourth-order valence-corrected chi connectivity index (χ4v) is 2.61. The van der Waals surface area contributed by atoms with E-state index in [0.717, 1.165) is 22.4 Å². The molecular formula is C19H21N5O3. The van der Waals surface area contributed by atoms with Crippen molar-refractivity contribution in [2.45, 2.75) is 20.4 Å². The molecule has 8 heteroatoms. The van der Waals surface area contributed by atoms with Crippen LogP contribution in [0, 0.1) is 13.8 Å². The monoisotopic (exact) mass is 367 g/mol. The Balaban J connectivity index is 1.64. The van der Waals surface area contributed by atoms with Crippen molar-refractivity contribution >= 4 is 11.6 Å². The van der Waals surface area contributed by atoms with Crippen LogP contribution in [0.4, 0.5) is 5.69 Å². The second-order valence-corrected chi connectivity index (χ2v) is 6.05. The van der Waals surface area contributed by atoms with E-state index in [9.17, 15) is 4.79 Å². The maximum Gasteiger partial charge on any atom is 0.248 e. The summed E-state index contributed by atoms with van der Waals surface area (Å²) in [5.41, 5.74) is 3.56. The van der Waals surface area contributed by atoms with E-state index >= 15 is 0 Å². The SMILES string of the molecule is Cc1cccc(C)c1NC(=O)Cn1nnc(-c2ccc(OCCO)cc2)n1. The van der Waals surface area contributed by atoms with Gasteiger partial charge in [0.15, 0.2) is 0 Å². The Morgan fingerprint density at radius 2 is 1.85 bits per heavy atom. The Labute approximate surface area is 156 Å². The third-order valence-electron chi connectivity index (χ3n) is 3.96. The molecule has 1 heterocycles. The molecule has 8 nitrogen and oxygen atoms in total. The van der Waals surface area contributed by atoms with Crippen LogP contribution < -0.4 is 10.1 Å². The fraction of sp³-hybridized carbons (Fsp3) is 0.263. The molecule has 0 spiro atoms. The molecule has 3 rings (SSSR count). The lowest BCUT2D eigenvalue weighted by molar-refractivity contribution is -0.117. The van der Waals surface area contributed by atoms with E-state index in [1.807, 2.05) is 32.0 Å². The van der Waals surface area contributed by atoms with Crippen molar-refractivity contribution < 1.29 is 14.6 Å². The minimum Gasteiger partial charge on any atom is -0.491 e. The predicted molar refractivity (Wildman–Crippen MR) is 100 cm³/mol. The number of para-hydroxylation sites is 1. The van der Waals surface area contributed by atoms with Gasteiger partial charge in [-0.1, -0.05) is 18.2 Å². The summed E-state index contributed by atoms with van der Waals surface area (Å²) in [5.74, 6) is 0.848. The Morgan fingerprint density at radius 3 is 2.52 bits per heavy atom. The quantitative estimate of drug-likeness (QED) is 0.662. The lowest BCUT2D eigenvalue weighted by Gasteiger charge is -2.10. The average molecular weight is 367 g/mol. The molecule has 0 aliphatic carbocycles. The summed E-state index contributed by atoms with van der Waals surface area (Å²) in [4.78, 5) is 13.6. The van der Waals surface area contributed by atoms with Crippen molar-refractivity contribution in [1.82, 2.24) is 20.2 Å². The zero-order valence-electron chi connectivity index (χ0n) is 15.2. The number of ether oxygens (including phenoxy) is 1. The molecule has 0 radical (unpaired) electrons. The Morgan fingerprint density at radius 1 is 1.15 bits per heavy atom. The number of benzene rings is 2. The molecule has 0 bridgehead atoms. The standard InChI is InChI=1S/C19H21N5O3/c1-13-4-3-5-14(2)18(13)20-17(26)12-24-22-19(21-23-24)15-6-8-16(9-7-15)27-11-10-25/h3-9,25H,10-12H2,1-2H3,(H,20,26). The van der Waals surface area contributed by atoms with Crippen LogP contribution in [0.3, 0.4) is 0 Å². The predicted octanol–water partition coefficient (Wildman–Crippen LogP) is 1.97. The second kappa shape index (κ2) is 8.41. The minimum atomic E-state index is -0.218. The highest BCUT2D eigenvalue weighted by Crippen LogP contribution is 2.20. The van der Waals surface area contributed by atoms with Crippen molar-refractivity contribution in [2.75, 3.05) is 18.5 Å². The first kappa shape index (κ1) is 18.5. The Kier molecular flexibility index (Phi) is 5.77. The van der Waals surface area contributed by atoms with Gasteiger partial charge in [0.1, 0.15) is 18.9 Å². The maximum atomic E-state index is 12.3. The number of aromatic nitrogens is 4. The van der Waals surface area contributed by atoms with Gasteiger partial charge in [0.25, 0.3) is 0 Å². The number of aryl methyl sites for hydroxylation is 2. The van der Waals surface area contributed by atoms with Gasteiger partial charge in [-0.05, 0) is 54.5 Å². The molecule has 0 fully saturated rings. The van der Waals surface area contributed by atoms with Gasteiger partial charge in [-0.3, -0.25) is 4.79 Å². The topological polar surface area (TPSA) is 102 Å². The lowest BCUT2D eigenvalue weighted by Crippen LogP contribution is -2.21. The molecule has 0 aliphatic rings. The van der Waals surface area contributed by atoms with Crippen molar-refractivity contribution in [3.63, 3.8) is 0 Å². The van der Waals surface area contributed by atoms with Crippen molar-refractivity contribution in [1.29, 1.82) is 0 Å². The highest BCUT2D eigenvalue weighted by atomic mass is 16.5. The van der Waals surface area contributed by atoms with Gasteiger partial charge in [0, 0.05) is 11.3 Å². The van der Waals surface area contributed by atoms with Crippen molar-refractivity contribution in [2.24, 2.45) is 0 Å². The summed E-state index contributed by atoms with van der Waals surface area (Å²) < 4.78 is 5.32. The summed E-state index contributed by atoms with van der Waals surface area (Å²) in [5, 5.41) is 23.9. The number of nitrogens with zero attached hydrogens (tertiary/aromatic N) is 4. The van der Waals surface area contributed by atoms with E-state index in [-0.39, 0.29) is 25.7 Å². The number of aliphatic hydroxyl groups is 1. The molecular weight excluding hydrogens is 346 g/mol. The van der Waals surface area contributed by atoms with Crippen LogP contribution in [0.1, 0.15) is 11.1 Å². The number of carbonyl (C=O) groups is 1. The minimum absolute atomic E-state index is 0.0293. The molecule has 0 saturated carbocycles. The third-order valence-corrected chi connectivity index (χ3v) is 3.96. The molecule has 2 N–H and O–H groups in total. The van der Waals surface area contributed by atoms with Crippen LogP contribution in [0.2, 0.25) is 0 Å². The van der Waals surface area contributed by atoms with Crippen molar-refractivity contribution in [3.8, 4) is 17.1 Å². The van der Waals surface area contributed by atoms with E-state index in [0.29, 0.717) is 11.6 Å². The van der Waals surface area contributed by atoms with Gasteiger partial charge >= 0.3 is 0 Å². The largest absolute Gasteiger partial charge is 0.491 e. The first-order chi connectivity index (χ1) is 13.1. The van der Waals surface area contributed by atoms with E-state index in [4.69, 9.17) is 9.84 Å². The average Bonchev–Trinajstić information content (AvgIpc) is 3.12. The van der Waals surface area contributed by atoms with Crippen LogP contribution in [0.15, 0.2) is 42.5 Å². The summed E-state index contributed by atoms with van der Waals surface area (Å²) >= 11 is 0. The number of nitrogens with one attached hydrogen (secondary N) is 1. The van der Waals surface area contributed by atoms with E-state index in [1.54, 1.807) is 24.3 Å². The molecule has 0 atom stereocenters. The van der Waals surface area contributed by atoms with Crippen LogP contribution in [0.25, 0.3) is 11.4 Å². The molecule has 0 unspecified atom stereocenters. The first-order valence-corrected chi connectivity index (χ1v) is 8.55. The number of carbonyl (C=O) groups excluding carboxylic acids is 1. The summed E-state index contributed by atoms with van der Waals surface area (Å²) in [6, 6.07) is 13.0. The van der Waals surface area contributed by atoms with E-state index in [2.05, 4.69) is 20.7 Å². The number of rotatable bonds is 7. The van der Waals surface area contributed by atoms with Gasteiger partial charge in [-0.15, -0.1) is 10.2 Å². The van der Waals surface area contributed by atoms with Crippen LogP contribution in [0.5, 0.6) is 5.75 Å². The summed E-state index contributed by atoms with van der Waals surface area (Å²) in [7, 11) is 0. The number of anilines is 1. The van der Waals surface area contributed by atoms with Gasteiger partial charge < -0.3 is 15.2 Å². The Bertz CT molecular complexity index is 901. The van der Waals surface area contributed by atoms with Crippen LogP contribution in [-0.2, 0) is 11.3 Å². The number of amides is 1. The van der Waals surface area contributed by atoms with Gasteiger partial charge in [0.05, 0.1) is 6.61 Å². The Hall–Kier alpha value is -3.26. The fourth-order valence-electron chi connectivity index (χ4n) is 2.61. The second-order valence-electron chi connectivity index (χ2n) is 6.05. The summed E-state index contributed by atoms with van der Waals surface area (Å²) in [6.07, 6.45) is 0. The number of aliphatic hydroxyl groups excluding tert-OH is 1. The highest BCUT2D eigenvalue weighted by molar-refractivity contribution is 5.92. The number of hydrogen-bond acceptors (Lipinski definition) is 6. The van der Waals surface area contributed by atoms with Gasteiger partial charge in [0.2, 0.25) is 11.7 Å². The zero-order chi connectivity index (χ0) is 19.2.